The molecule has 2 aromatic heterocycles. The summed E-state index contributed by atoms with van der Waals surface area (Å²) in [6.45, 7) is 2.04. The number of thiazole rings is 1. The van der Waals surface area contributed by atoms with Crippen molar-refractivity contribution in [1.82, 2.24) is 15.2 Å². The van der Waals surface area contributed by atoms with Gasteiger partial charge in [0, 0.05) is 0 Å². The van der Waals surface area contributed by atoms with Crippen molar-refractivity contribution in [3.05, 3.63) is 29.3 Å². The van der Waals surface area contributed by atoms with Crippen LogP contribution < -0.4 is 5.32 Å². The van der Waals surface area contributed by atoms with Crippen LogP contribution in [-0.4, -0.2) is 26.8 Å². The summed E-state index contributed by atoms with van der Waals surface area (Å²) in [5.74, 6) is 0.227. The van der Waals surface area contributed by atoms with Crippen LogP contribution in [0, 0.1) is 6.92 Å². The van der Waals surface area contributed by atoms with Gasteiger partial charge in [-0.15, -0.1) is 10.2 Å². The molecular formula is C12H10N4OS3. The van der Waals surface area contributed by atoms with Crippen molar-refractivity contribution in [3.8, 4) is 0 Å². The SMILES string of the molecule is Cc1ccc2nc(NC(=O)CSc3nncs3)sc2c1. The van der Waals surface area contributed by atoms with Gasteiger partial charge in [0.15, 0.2) is 9.47 Å². The molecule has 3 aromatic rings. The van der Waals surface area contributed by atoms with Crippen molar-refractivity contribution in [2.75, 3.05) is 11.1 Å². The molecule has 0 bridgehead atoms. The Kier molecular flexibility index (Phi) is 3.95. The highest BCUT2D eigenvalue weighted by Gasteiger charge is 2.09. The van der Waals surface area contributed by atoms with Crippen molar-refractivity contribution in [2.24, 2.45) is 0 Å². The van der Waals surface area contributed by atoms with E-state index >= 15 is 0 Å². The summed E-state index contributed by atoms with van der Waals surface area (Å²) in [5, 5.41) is 11.1. The van der Waals surface area contributed by atoms with Gasteiger partial charge in [0.2, 0.25) is 5.91 Å². The average molecular weight is 322 g/mol. The number of amides is 1. The van der Waals surface area contributed by atoms with Crippen LogP contribution in [0.25, 0.3) is 10.2 Å². The minimum Gasteiger partial charge on any atom is -0.301 e. The number of carbonyl (C=O) groups is 1. The number of aryl methyl sites for hydroxylation is 1. The van der Waals surface area contributed by atoms with Crippen molar-refractivity contribution < 1.29 is 4.79 Å². The molecule has 0 saturated heterocycles. The molecule has 102 valence electrons. The van der Waals surface area contributed by atoms with Crippen molar-refractivity contribution >= 4 is 55.7 Å². The third-order valence-electron chi connectivity index (χ3n) is 2.46. The molecule has 0 aliphatic heterocycles. The van der Waals surface area contributed by atoms with Gasteiger partial charge in [0.1, 0.15) is 5.51 Å². The number of fused-ring (bicyclic) bond motifs is 1. The summed E-state index contributed by atoms with van der Waals surface area (Å²) in [4.78, 5) is 16.2. The van der Waals surface area contributed by atoms with Crippen LogP contribution in [0.4, 0.5) is 5.13 Å². The van der Waals surface area contributed by atoms with Gasteiger partial charge in [-0.25, -0.2) is 4.98 Å². The van der Waals surface area contributed by atoms with Gasteiger partial charge in [-0.2, -0.15) is 0 Å². The number of hydrogen-bond donors (Lipinski definition) is 1. The van der Waals surface area contributed by atoms with Crippen LogP contribution >= 0.6 is 34.4 Å². The fraction of sp³-hybridized carbons (Fsp3) is 0.167. The second-order valence-corrected chi connectivity index (χ2v) is 7.12. The zero-order valence-electron chi connectivity index (χ0n) is 10.5. The van der Waals surface area contributed by atoms with Gasteiger partial charge in [-0.3, -0.25) is 4.79 Å². The van der Waals surface area contributed by atoms with E-state index in [0.717, 1.165) is 14.6 Å². The van der Waals surface area contributed by atoms with Crippen LogP contribution in [0.15, 0.2) is 28.0 Å². The molecule has 0 fully saturated rings. The third-order valence-corrected chi connectivity index (χ3v) is 5.25. The van der Waals surface area contributed by atoms with E-state index in [1.165, 1.54) is 40.0 Å². The first-order chi connectivity index (χ1) is 9.70. The van der Waals surface area contributed by atoms with E-state index < -0.39 is 0 Å². The van der Waals surface area contributed by atoms with E-state index in [4.69, 9.17) is 0 Å². The molecular weight excluding hydrogens is 312 g/mol. The van der Waals surface area contributed by atoms with E-state index in [-0.39, 0.29) is 5.91 Å². The number of anilines is 1. The second kappa shape index (κ2) is 5.86. The number of benzene rings is 1. The molecule has 5 nitrogen and oxygen atoms in total. The molecule has 0 unspecified atom stereocenters. The predicted octanol–water partition coefficient (Wildman–Crippen LogP) is 3.19. The Labute approximate surface area is 127 Å². The third kappa shape index (κ3) is 3.14. The molecule has 2 heterocycles. The monoisotopic (exact) mass is 322 g/mol. The lowest BCUT2D eigenvalue weighted by atomic mass is 10.2. The maximum atomic E-state index is 11.8. The highest BCUT2D eigenvalue weighted by atomic mass is 32.2. The molecule has 1 aromatic carbocycles. The maximum absolute atomic E-state index is 11.8. The normalized spacial score (nSPS) is 10.8. The summed E-state index contributed by atoms with van der Waals surface area (Å²) in [6.07, 6.45) is 0. The molecule has 0 aliphatic carbocycles. The van der Waals surface area contributed by atoms with Crippen LogP contribution in [0.1, 0.15) is 5.56 Å². The highest BCUT2D eigenvalue weighted by Crippen LogP contribution is 2.27. The van der Waals surface area contributed by atoms with Crippen molar-refractivity contribution in [2.45, 2.75) is 11.3 Å². The van der Waals surface area contributed by atoms with E-state index in [0.29, 0.717) is 10.9 Å². The Morgan fingerprint density at radius 1 is 1.45 bits per heavy atom. The van der Waals surface area contributed by atoms with E-state index in [2.05, 4.69) is 26.6 Å². The number of thioether (sulfide) groups is 1. The summed E-state index contributed by atoms with van der Waals surface area (Å²) in [5.41, 5.74) is 3.74. The lowest BCUT2D eigenvalue weighted by Crippen LogP contribution is -2.13. The summed E-state index contributed by atoms with van der Waals surface area (Å²) < 4.78 is 1.87. The van der Waals surface area contributed by atoms with Gasteiger partial charge in [-0.1, -0.05) is 40.5 Å². The molecule has 0 saturated carbocycles. The van der Waals surface area contributed by atoms with Crippen molar-refractivity contribution in [1.29, 1.82) is 0 Å². The largest absolute Gasteiger partial charge is 0.301 e. The van der Waals surface area contributed by atoms with E-state index in [9.17, 15) is 4.79 Å². The molecule has 1 N–H and O–H groups in total. The Bertz CT molecular complexity index is 738. The minimum atomic E-state index is -0.0824. The topological polar surface area (TPSA) is 67.8 Å². The Balaban J connectivity index is 1.65. The van der Waals surface area contributed by atoms with E-state index in [1.807, 2.05) is 19.1 Å². The Morgan fingerprint density at radius 3 is 3.15 bits per heavy atom. The van der Waals surface area contributed by atoms with Crippen LogP contribution in [0.3, 0.4) is 0 Å². The predicted molar refractivity (Wildman–Crippen MR) is 83.6 cm³/mol. The zero-order chi connectivity index (χ0) is 13.9. The number of nitrogens with one attached hydrogen (secondary N) is 1. The first-order valence-corrected chi connectivity index (χ1v) is 8.45. The number of aromatic nitrogens is 3. The van der Waals surface area contributed by atoms with Gasteiger partial charge in [0.25, 0.3) is 0 Å². The Morgan fingerprint density at radius 2 is 2.35 bits per heavy atom. The lowest BCUT2D eigenvalue weighted by Gasteiger charge is -1.98. The fourth-order valence-electron chi connectivity index (χ4n) is 1.59. The first kappa shape index (κ1) is 13.5. The average Bonchev–Trinajstić information content (AvgIpc) is 3.04. The lowest BCUT2D eigenvalue weighted by molar-refractivity contribution is -0.113. The Hall–Kier alpha value is -1.51. The van der Waals surface area contributed by atoms with Gasteiger partial charge in [0.05, 0.1) is 16.0 Å². The quantitative estimate of drug-likeness (QED) is 0.747. The molecule has 0 atom stereocenters. The number of hydrogen-bond acceptors (Lipinski definition) is 7. The van der Waals surface area contributed by atoms with Crippen LogP contribution in [-0.2, 0) is 4.79 Å². The zero-order valence-corrected chi connectivity index (χ0v) is 12.9. The minimum absolute atomic E-state index is 0.0824. The second-order valence-electron chi connectivity index (χ2n) is 4.03. The fourth-order valence-corrected chi connectivity index (χ4v) is 3.86. The van der Waals surface area contributed by atoms with Crippen LogP contribution in [0.5, 0.6) is 0 Å². The summed E-state index contributed by atoms with van der Waals surface area (Å²) in [7, 11) is 0. The van der Waals surface area contributed by atoms with Gasteiger partial charge < -0.3 is 5.32 Å². The molecule has 3 rings (SSSR count). The smallest absolute Gasteiger partial charge is 0.236 e. The number of rotatable bonds is 4. The highest BCUT2D eigenvalue weighted by molar-refractivity contribution is 8.01. The van der Waals surface area contributed by atoms with Gasteiger partial charge in [-0.05, 0) is 24.6 Å². The summed E-state index contributed by atoms with van der Waals surface area (Å²) in [6, 6.07) is 6.05. The first-order valence-electron chi connectivity index (χ1n) is 5.77. The molecule has 0 aliphatic rings. The molecule has 20 heavy (non-hydrogen) atoms. The molecule has 1 amide bonds. The molecule has 0 radical (unpaired) electrons. The molecule has 8 heteroatoms. The van der Waals surface area contributed by atoms with Crippen molar-refractivity contribution in [3.63, 3.8) is 0 Å². The molecule has 0 spiro atoms. The standard InChI is InChI=1S/C12H10N4OS3/c1-7-2-3-8-9(4-7)20-11(14-8)15-10(17)5-18-12-16-13-6-19-12/h2-4,6H,5H2,1H3,(H,14,15,17). The van der Waals surface area contributed by atoms with Crippen LogP contribution in [0.2, 0.25) is 0 Å². The van der Waals surface area contributed by atoms with Gasteiger partial charge >= 0.3 is 0 Å². The van der Waals surface area contributed by atoms with E-state index in [1.54, 1.807) is 5.51 Å². The summed E-state index contributed by atoms with van der Waals surface area (Å²) >= 11 is 4.28. The number of carbonyl (C=O) groups excluding carboxylic acids is 1. The maximum Gasteiger partial charge on any atom is 0.236 e. The number of nitrogens with zero attached hydrogens (tertiary/aromatic N) is 3.